The van der Waals surface area contributed by atoms with E-state index in [1.807, 2.05) is 55.4 Å². The Morgan fingerprint density at radius 3 is 1.06 bits per heavy atom. The minimum Gasteiger partial charge on any atom is -0.389 e. The molecule has 0 aromatic heterocycles. The molecule has 17 heavy (non-hydrogen) atoms. The van der Waals surface area contributed by atoms with Crippen LogP contribution < -0.4 is 0 Å². The molecular weight excluding hydrogens is 214 g/mol. The van der Waals surface area contributed by atoms with Gasteiger partial charge in [-0.25, -0.2) is 0 Å². The van der Waals surface area contributed by atoms with Crippen molar-refractivity contribution >= 4 is 0 Å². The highest BCUT2D eigenvalue weighted by Gasteiger charge is 2.50. The van der Waals surface area contributed by atoms with Gasteiger partial charge in [0.25, 0.3) is 0 Å². The summed E-state index contributed by atoms with van der Waals surface area (Å²) in [5.74, 6) is 0. The van der Waals surface area contributed by atoms with E-state index in [-0.39, 0.29) is 0 Å². The number of hydrogen-bond donors (Lipinski definition) is 2. The Hall–Kier alpha value is -0.120. The van der Waals surface area contributed by atoms with E-state index < -0.39 is 22.3 Å². The first-order chi connectivity index (χ1) is 7.19. The van der Waals surface area contributed by atoms with Crippen LogP contribution in [0.5, 0.6) is 0 Å². The third-order valence-corrected chi connectivity index (χ3v) is 4.66. The van der Waals surface area contributed by atoms with E-state index in [2.05, 4.69) is 11.8 Å². The van der Waals surface area contributed by atoms with E-state index >= 15 is 0 Å². The maximum atomic E-state index is 10.4. The zero-order chi connectivity index (χ0) is 14.3. The minimum absolute atomic E-state index is 0.425. The Balaban J connectivity index is 5.52. The van der Waals surface area contributed by atoms with Crippen LogP contribution in [-0.4, -0.2) is 43.9 Å². The molecule has 0 rings (SSSR count). The van der Waals surface area contributed by atoms with Gasteiger partial charge in [-0.05, 0) is 61.9 Å². The van der Waals surface area contributed by atoms with Crippen LogP contribution >= 0.6 is 0 Å². The summed E-state index contributed by atoms with van der Waals surface area (Å²) in [5.41, 5.74) is -2.53. The summed E-state index contributed by atoms with van der Waals surface area (Å²) in [6.45, 7) is 18.2. The van der Waals surface area contributed by atoms with Crippen molar-refractivity contribution in [1.29, 1.82) is 0 Å². The van der Waals surface area contributed by atoms with E-state index in [1.54, 1.807) is 0 Å². The lowest BCUT2D eigenvalue weighted by Gasteiger charge is -2.57. The van der Waals surface area contributed by atoms with E-state index in [1.165, 1.54) is 0 Å². The highest BCUT2D eigenvalue weighted by Crippen LogP contribution is 2.38. The fourth-order valence-corrected chi connectivity index (χ4v) is 2.15. The predicted octanol–water partition coefficient (Wildman–Crippen LogP) is 2.41. The second-order valence-electron chi connectivity index (χ2n) is 6.98. The van der Waals surface area contributed by atoms with Crippen molar-refractivity contribution in [2.45, 2.75) is 84.6 Å². The molecule has 0 radical (unpaired) electrons. The van der Waals surface area contributed by atoms with Gasteiger partial charge in [-0.1, -0.05) is 6.92 Å². The summed E-state index contributed by atoms with van der Waals surface area (Å²) in [4.78, 5) is 2.17. The fraction of sp³-hybridized carbons (Fsp3) is 1.00. The van der Waals surface area contributed by atoms with Gasteiger partial charge >= 0.3 is 0 Å². The fourth-order valence-electron chi connectivity index (χ4n) is 2.15. The van der Waals surface area contributed by atoms with Gasteiger partial charge in [0.15, 0.2) is 0 Å². The second kappa shape index (κ2) is 4.52. The van der Waals surface area contributed by atoms with Crippen LogP contribution in [0.4, 0.5) is 0 Å². The number of hydrogen-bond acceptors (Lipinski definition) is 3. The van der Waals surface area contributed by atoms with Gasteiger partial charge in [-0.15, -0.1) is 0 Å². The van der Waals surface area contributed by atoms with Crippen LogP contribution in [0.3, 0.4) is 0 Å². The van der Waals surface area contributed by atoms with Gasteiger partial charge in [-0.3, -0.25) is 4.90 Å². The lowest BCUT2D eigenvalue weighted by Crippen LogP contribution is -2.69. The van der Waals surface area contributed by atoms with Gasteiger partial charge in [0, 0.05) is 11.1 Å². The molecule has 0 amide bonds. The maximum Gasteiger partial charge on any atom is 0.0769 e. The molecule has 0 aliphatic rings. The Labute approximate surface area is 107 Å². The molecule has 3 heteroatoms. The standard InChI is InChI=1S/C14H31NO2/c1-10-15(11(2,3)13(6,7)16)12(4,5)14(8,9)17/h16-17H,10H2,1-9H3. The average molecular weight is 245 g/mol. The van der Waals surface area contributed by atoms with Gasteiger partial charge in [0.1, 0.15) is 0 Å². The maximum absolute atomic E-state index is 10.4. The molecule has 0 bridgehead atoms. The molecule has 0 aromatic rings. The first-order valence-electron chi connectivity index (χ1n) is 6.42. The molecule has 0 atom stereocenters. The van der Waals surface area contributed by atoms with Crippen LogP contribution in [0.15, 0.2) is 0 Å². The monoisotopic (exact) mass is 245 g/mol. The lowest BCUT2D eigenvalue weighted by molar-refractivity contribution is -0.158. The molecule has 0 heterocycles. The molecule has 0 fully saturated rings. The first kappa shape index (κ1) is 16.9. The summed E-state index contributed by atoms with van der Waals surface area (Å²) >= 11 is 0. The van der Waals surface area contributed by atoms with Gasteiger partial charge in [0.2, 0.25) is 0 Å². The Kier molecular flexibility index (Phi) is 4.49. The summed E-state index contributed by atoms with van der Waals surface area (Å²) in [5, 5.41) is 20.7. The van der Waals surface area contributed by atoms with E-state index in [4.69, 9.17) is 0 Å². The number of aliphatic hydroxyl groups is 2. The van der Waals surface area contributed by atoms with Crippen LogP contribution in [0.2, 0.25) is 0 Å². The van der Waals surface area contributed by atoms with Crippen molar-refractivity contribution in [3.8, 4) is 0 Å². The van der Waals surface area contributed by atoms with Crippen LogP contribution in [0.25, 0.3) is 0 Å². The van der Waals surface area contributed by atoms with Crippen molar-refractivity contribution in [2.24, 2.45) is 0 Å². The van der Waals surface area contributed by atoms with Gasteiger partial charge in [-0.2, -0.15) is 0 Å². The molecule has 0 unspecified atom stereocenters. The molecular formula is C14H31NO2. The van der Waals surface area contributed by atoms with Crippen molar-refractivity contribution in [1.82, 2.24) is 4.90 Å². The van der Waals surface area contributed by atoms with Crippen molar-refractivity contribution < 1.29 is 10.2 Å². The molecule has 0 spiro atoms. The number of nitrogens with zero attached hydrogens (tertiary/aromatic N) is 1. The first-order valence-corrected chi connectivity index (χ1v) is 6.42. The van der Waals surface area contributed by atoms with Gasteiger partial charge in [0.05, 0.1) is 11.2 Å². The molecule has 0 saturated heterocycles. The third-order valence-electron chi connectivity index (χ3n) is 4.66. The topological polar surface area (TPSA) is 43.7 Å². The molecule has 0 aliphatic carbocycles. The Morgan fingerprint density at radius 2 is 0.941 bits per heavy atom. The molecule has 0 aliphatic heterocycles. The van der Waals surface area contributed by atoms with Crippen molar-refractivity contribution in [3.05, 3.63) is 0 Å². The molecule has 2 N–H and O–H groups in total. The number of likely N-dealkylation sites (N-methyl/N-ethyl adjacent to an activating group) is 1. The van der Waals surface area contributed by atoms with Crippen LogP contribution in [0.1, 0.15) is 62.3 Å². The average Bonchev–Trinajstić information content (AvgIpc) is 1.99. The predicted molar refractivity (Wildman–Crippen MR) is 73.1 cm³/mol. The third kappa shape index (κ3) is 3.01. The summed E-state index contributed by atoms with van der Waals surface area (Å²) in [6, 6.07) is 0. The van der Waals surface area contributed by atoms with Crippen LogP contribution in [0, 0.1) is 0 Å². The molecule has 3 nitrogen and oxygen atoms in total. The van der Waals surface area contributed by atoms with Crippen LogP contribution in [-0.2, 0) is 0 Å². The van der Waals surface area contributed by atoms with Crippen molar-refractivity contribution in [3.63, 3.8) is 0 Å². The highest BCUT2D eigenvalue weighted by molar-refractivity contribution is 5.05. The molecule has 0 saturated carbocycles. The molecule has 0 aromatic carbocycles. The highest BCUT2D eigenvalue weighted by atomic mass is 16.3. The Morgan fingerprint density at radius 1 is 0.706 bits per heavy atom. The SMILES string of the molecule is CCN(C(C)(C)C(C)(C)O)C(C)(C)C(C)(C)O. The lowest BCUT2D eigenvalue weighted by atomic mass is 9.76. The second-order valence-corrected chi connectivity index (χ2v) is 6.98. The van der Waals surface area contributed by atoms with E-state index in [9.17, 15) is 10.2 Å². The number of rotatable bonds is 5. The zero-order valence-corrected chi connectivity index (χ0v) is 13.0. The van der Waals surface area contributed by atoms with Gasteiger partial charge < -0.3 is 10.2 Å². The Bertz CT molecular complexity index is 230. The molecule has 104 valence electrons. The quantitative estimate of drug-likeness (QED) is 0.782. The zero-order valence-electron chi connectivity index (χ0n) is 13.0. The smallest absolute Gasteiger partial charge is 0.0769 e. The van der Waals surface area contributed by atoms with E-state index in [0.29, 0.717) is 0 Å². The summed E-state index contributed by atoms with van der Waals surface area (Å²) < 4.78 is 0. The van der Waals surface area contributed by atoms with Crippen molar-refractivity contribution in [2.75, 3.05) is 6.54 Å². The minimum atomic E-state index is -0.842. The largest absolute Gasteiger partial charge is 0.389 e. The normalized spacial score (nSPS) is 15.5. The van der Waals surface area contributed by atoms with E-state index in [0.717, 1.165) is 6.54 Å². The summed E-state index contributed by atoms with van der Waals surface area (Å²) in [7, 11) is 0. The summed E-state index contributed by atoms with van der Waals surface area (Å²) in [6.07, 6.45) is 0.